The second kappa shape index (κ2) is 8.22. The van der Waals surface area contributed by atoms with Crippen molar-refractivity contribution in [3.8, 4) is 0 Å². The fourth-order valence-corrected chi connectivity index (χ4v) is 3.19. The molecule has 1 N–H and O–H groups in total. The van der Waals surface area contributed by atoms with Crippen LogP contribution < -0.4 is 15.1 Å². The molecule has 1 aliphatic heterocycles. The van der Waals surface area contributed by atoms with Crippen LogP contribution >= 0.6 is 0 Å². The Morgan fingerprint density at radius 2 is 1.59 bits per heavy atom. The minimum Gasteiger partial charge on any atom is -0.353 e. The Morgan fingerprint density at radius 1 is 0.862 bits per heavy atom. The van der Waals surface area contributed by atoms with Gasteiger partial charge in [0, 0.05) is 50.3 Å². The largest absolute Gasteiger partial charge is 0.353 e. The van der Waals surface area contributed by atoms with E-state index in [9.17, 15) is 13.6 Å². The molecule has 1 fully saturated rings. The molecule has 1 saturated heterocycles. The van der Waals surface area contributed by atoms with Crippen molar-refractivity contribution < 1.29 is 13.6 Å². The molecule has 3 aromatic rings. The zero-order valence-corrected chi connectivity index (χ0v) is 15.6. The summed E-state index contributed by atoms with van der Waals surface area (Å²) < 4.78 is 26.3. The number of benzene rings is 1. The molecule has 1 amide bonds. The summed E-state index contributed by atoms with van der Waals surface area (Å²) >= 11 is 0. The van der Waals surface area contributed by atoms with Crippen molar-refractivity contribution in [2.24, 2.45) is 0 Å². The number of nitrogens with one attached hydrogen (secondary N) is 1. The molecule has 3 heterocycles. The van der Waals surface area contributed by atoms with Gasteiger partial charge in [0.15, 0.2) is 11.6 Å². The van der Waals surface area contributed by atoms with Crippen LogP contribution in [0.3, 0.4) is 0 Å². The summed E-state index contributed by atoms with van der Waals surface area (Å²) in [6.45, 7) is 3.25. The Balaban J connectivity index is 1.36. The van der Waals surface area contributed by atoms with Gasteiger partial charge in [-0.25, -0.2) is 18.7 Å². The number of rotatable bonds is 4. The molecule has 1 aromatic carbocycles. The molecule has 6 nitrogen and oxygen atoms in total. The van der Waals surface area contributed by atoms with Gasteiger partial charge in [-0.15, -0.1) is 0 Å². The van der Waals surface area contributed by atoms with Gasteiger partial charge in [-0.1, -0.05) is 6.07 Å². The Labute approximate surface area is 166 Å². The van der Waals surface area contributed by atoms with Gasteiger partial charge < -0.3 is 15.1 Å². The van der Waals surface area contributed by atoms with Crippen LogP contribution in [-0.4, -0.2) is 42.1 Å². The molecule has 8 heteroatoms. The monoisotopic (exact) mass is 395 g/mol. The third-order valence-corrected chi connectivity index (χ3v) is 4.76. The first-order valence-electron chi connectivity index (χ1n) is 9.23. The molecule has 0 unspecified atom stereocenters. The van der Waals surface area contributed by atoms with E-state index in [2.05, 4.69) is 25.1 Å². The Bertz CT molecular complexity index is 990. The SMILES string of the molecule is O=C(Nc1ccc(F)c(F)c1)c1ccc(N2CCN(c3ccccn3)CC2)nc1. The summed E-state index contributed by atoms with van der Waals surface area (Å²) in [5, 5.41) is 2.54. The van der Waals surface area contributed by atoms with Crippen LogP contribution in [-0.2, 0) is 0 Å². The molecule has 0 spiro atoms. The molecular weight excluding hydrogens is 376 g/mol. The first-order valence-corrected chi connectivity index (χ1v) is 9.23. The van der Waals surface area contributed by atoms with E-state index in [4.69, 9.17) is 0 Å². The molecule has 0 radical (unpaired) electrons. The van der Waals surface area contributed by atoms with Gasteiger partial charge in [-0.2, -0.15) is 0 Å². The molecule has 2 aromatic heterocycles. The first kappa shape index (κ1) is 18.8. The normalized spacial score (nSPS) is 14.0. The van der Waals surface area contributed by atoms with E-state index in [0.717, 1.165) is 49.9 Å². The number of hydrogen-bond donors (Lipinski definition) is 1. The fraction of sp³-hybridized carbons (Fsp3) is 0.190. The maximum atomic E-state index is 13.3. The van der Waals surface area contributed by atoms with Gasteiger partial charge in [0.1, 0.15) is 11.6 Å². The topological polar surface area (TPSA) is 61.4 Å². The Kier molecular flexibility index (Phi) is 5.33. The highest BCUT2D eigenvalue weighted by Gasteiger charge is 2.19. The molecule has 148 valence electrons. The number of nitrogens with zero attached hydrogens (tertiary/aromatic N) is 4. The average molecular weight is 395 g/mol. The second-order valence-corrected chi connectivity index (χ2v) is 6.65. The van der Waals surface area contributed by atoms with Crippen molar-refractivity contribution in [1.29, 1.82) is 0 Å². The van der Waals surface area contributed by atoms with Gasteiger partial charge in [-0.05, 0) is 36.4 Å². The van der Waals surface area contributed by atoms with Crippen molar-refractivity contribution in [3.63, 3.8) is 0 Å². The highest BCUT2D eigenvalue weighted by atomic mass is 19.2. The van der Waals surface area contributed by atoms with E-state index >= 15 is 0 Å². The van der Waals surface area contributed by atoms with Gasteiger partial charge in [-0.3, -0.25) is 4.79 Å². The Hall–Kier alpha value is -3.55. The van der Waals surface area contributed by atoms with Crippen LogP contribution in [0.4, 0.5) is 26.1 Å². The van der Waals surface area contributed by atoms with E-state index in [1.807, 2.05) is 18.2 Å². The number of anilines is 3. The standard InChI is InChI=1S/C21H19F2N5O/c22-17-6-5-16(13-18(17)23)26-21(29)15-4-7-20(25-14-15)28-11-9-27(10-12-28)19-3-1-2-8-24-19/h1-8,13-14H,9-12H2,(H,26,29). The summed E-state index contributed by atoms with van der Waals surface area (Å²) in [5.41, 5.74) is 0.522. The molecule has 0 atom stereocenters. The smallest absolute Gasteiger partial charge is 0.257 e. The van der Waals surface area contributed by atoms with Gasteiger partial charge in [0.05, 0.1) is 5.56 Å². The Morgan fingerprint density at radius 3 is 2.17 bits per heavy atom. The van der Waals surface area contributed by atoms with Crippen LogP contribution in [0.15, 0.2) is 60.9 Å². The van der Waals surface area contributed by atoms with Crippen molar-refractivity contribution in [3.05, 3.63) is 78.1 Å². The lowest BCUT2D eigenvalue weighted by Gasteiger charge is -2.36. The van der Waals surface area contributed by atoms with Crippen LogP contribution in [0.2, 0.25) is 0 Å². The maximum absolute atomic E-state index is 13.3. The van der Waals surface area contributed by atoms with E-state index < -0.39 is 17.5 Å². The summed E-state index contributed by atoms with van der Waals surface area (Å²) in [6, 6.07) is 12.5. The molecule has 0 bridgehead atoms. The summed E-state index contributed by atoms with van der Waals surface area (Å²) in [4.78, 5) is 25.4. The van der Waals surface area contributed by atoms with Gasteiger partial charge >= 0.3 is 0 Å². The number of amides is 1. The zero-order valence-electron chi connectivity index (χ0n) is 15.6. The predicted octanol–water partition coefficient (Wildman–Crippen LogP) is 3.33. The summed E-state index contributed by atoms with van der Waals surface area (Å²) in [6.07, 6.45) is 3.27. The molecular formula is C21H19F2N5O. The lowest BCUT2D eigenvalue weighted by molar-refractivity contribution is 0.102. The number of carbonyl (C=O) groups is 1. The quantitative estimate of drug-likeness (QED) is 0.734. The molecule has 4 rings (SSSR count). The molecule has 1 aliphatic rings. The number of pyridine rings is 2. The van der Waals surface area contributed by atoms with E-state index in [1.54, 1.807) is 18.3 Å². The predicted molar refractivity (Wildman–Crippen MR) is 107 cm³/mol. The number of aromatic nitrogens is 2. The lowest BCUT2D eigenvalue weighted by atomic mass is 10.2. The van der Waals surface area contributed by atoms with Crippen molar-refractivity contribution >= 4 is 23.2 Å². The highest BCUT2D eigenvalue weighted by Crippen LogP contribution is 2.18. The van der Waals surface area contributed by atoms with Gasteiger partial charge in [0.25, 0.3) is 5.91 Å². The highest BCUT2D eigenvalue weighted by molar-refractivity contribution is 6.04. The van der Waals surface area contributed by atoms with E-state index in [0.29, 0.717) is 5.56 Å². The van der Waals surface area contributed by atoms with Crippen molar-refractivity contribution in [2.45, 2.75) is 0 Å². The number of piperazine rings is 1. The van der Waals surface area contributed by atoms with Crippen molar-refractivity contribution in [2.75, 3.05) is 41.3 Å². The van der Waals surface area contributed by atoms with E-state index in [1.165, 1.54) is 12.3 Å². The van der Waals surface area contributed by atoms with Crippen LogP contribution in [0.1, 0.15) is 10.4 Å². The fourth-order valence-electron chi connectivity index (χ4n) is 3.19. The third kappa shape index (κ3) is 4.31. The van der Waals surface area contributed by atoms with Crippen molar-refractivity contribution in [1.82, 2.24) is 9.97 Å². The van der Waals surface area contributed by atoms with Gasteiger partial charge in [0.2, 0.25) is 0 Å². The minimum absolute atomic E-state index is 0.184. The summed E-state index contributed by atoms with van der Waals surface area (Å²) in [7, 11) is 0. The average Bonchev–Trinajstić information content (AvgIpc) is 2.77. The first-order chi connectivity index (χ1) is 14.1. The second-order valence-electron chi connectivity index (χ2n) is 6.65. The van der Waals surface area contributed by atoms with Crippen LogP contribution in [0.5, 0.6) is 0 Å². The number of halogens is 2. The maximum Gasteiger partial charge on any atom is 0.257 e. The number of hydrogen-bond acceptors (Lipinski definition) is 5. The third-order valence-electron chi connectivity index (χ3n) is 4.76. The molecule has 0 saturated carbocycles. The molecule has 0 aliphatic carbocycles. The van der Waals surface area contributed by atoms with E-state index in [-0.39, 0.29) is 5.69 Å². The van der Waals surface area contributed by atoms with Crippen LogP contribution in [0.25, 0.3) is 0 Å². The molecule has 29 heavy (non-hydrogen) atoms. The lowest BCUT2D eigenvalue weighted by Crippen LogP contribution is -2.47. The zero-order chi connectivity index (χ0) is 20.2. The number of carbonyl (C=O) groups excluding carboxylic acids is 1. The summed E-state index contributed by atoms with van der Waals surface area (Å²) in [5.74, 6) is -0.660. The van der Waals surface area contributed by atoms with Crippen LogP contribution in [0, 0.1) is 11.6 Å². The minimum atomic E-state index is -1.01.